The van der Waals surface area contributed by atoms with Gasteiger partial charge in [-0.2, -0.15) is 0 Å². The van der Waals surface area contributed by atoms with Crippen LogP contribution in [-0.2, 0) is 0 Å². The van der Waals surface area contributed by atoms with Crippen LogP contribution in [0.1, 0.15) is 53.0 Å². The molecule has 2 nitrogen and oxygen atoms in total. The lowest BCUT2D eigenvalue weighted by atomic mass is 10.0. The Morgan fingerprint density at radius 3 is 2.24 bits per heavy atom. The second-order valence-electron chi connectivity index (χ2n) is 6.79. The van der Waals surface area contributed by atoms with E-state index in [9.17, 15) is 0 Å². The predicted molar refractivity (Wildman–Crippen MR) is 95.2 cm³/mol. The van der Waals surface area contributed by atoms with E-state index >= 15 is 0 Å². The van der Waals surface area contributed by atoms with Crippen molar-refractivity contribution in [3.05, 3.63) is 28.2 Å². The van der Waals surface area contributed by atoms with Gasteiger partial charge in [-0.3, -0.25) is 0 Å². The molecule has 1 aromatic carbocycles. The van der Waals surface area contributed by atoms with Gasteiger partial charge in [-0.05, 0) is 48.1 Å². The molecule has 1 aromatic rings. The zero-order valence-electron chi connectivity index (χ0n) is 14.2. The third-order valence-electron chi connectivity index (χ3n) is 3.51. The molecule has 1 rings (SSSR count). The minimum Gasteiger partial charge on any atom is -0.489 e. The van der Waals surface area contributed by atoms with Gasteiger partial charge in [0.05, 0.1) is 0 Å². The number of halogens is 1. The van der Waals surface area contributed by atoms with Crippen LogP contribution in [0, 0.1) is 11.8 Å². The lowest BCUT2D eigenvalue weighted by molar-refractivity contribution is 0.146. The molecule has 21 heavy (non-hydrogen) atoms. The Kier molecular flexibility index (Phi) is 7.75. The lowest BCUT2D eigenvalue weighted by Gasteiger charge is -2.26. The van der Waals surface area contributed by atoms with Crippen LogP contribution in [0.25, 0.3) is 0 Å². The van der Waals surface area contributed by atoms with Gasteiger partial charge in [0.25, 0.3) is 0 Å². The summed E-state index contributed by atoms with van der Waals surface area (Å²) in [7, 11) is 0. The van der Waals surface area contributed by atoms with Crippen molar-refractivity contribution in [1.82, 2.24) is 5.32 Å². The highest BCUT2D eigenvalue weighted by atomic mass is 79.9. The van der Waals surface area contributed by atoms with Gasteiger partial charge in [0.1, 0.15) is 11.9 Å². The Morgan fingerprint density at radius 1 is 1.05 bits per heavy atom. The van der Waals surface area contributed by atoms with Crippen LogP contribution in [0.3, 0.4) is 0 Å². The molecule has 1 atom stereocenters. The molecule has 0 spiro atoms. The van der Waals surface area contributed by atoms with Gasteiger partial charge in [0.15, 0.2) is 0 Å². The minimum atomic E-state index is 0.197. The van der Waals surface area contributed by atoms with E-state index in [1.807, 2.05) is 0 Å². The number of nitrogens with one attached hydrogen (secondary N) is 1. The van der Waals surface area contributed by atoms with Crippen LogP contribution in [0.5, 0.6) is 5.75 Å². The molecule has 1 N–H and O–H groups in total. The van der Waals surface area contributed by atoms with Crippen molar-refractivity contribution in [2.24, 2.45) is 11.8 Å². The average Bonchev–Trinajstić information content (AvgIpc) is 2.38. The molecule has 0 amide bonds. The molecule has 0 aliphatic rings. The first-order chi connectivity index (χ1) is 9.81. The molecule has 0 bridgehead atoms. The van der Waals surface area contributed by atoms with E-state index in [2.05, 4.69) is 81.0 Å². The Balaban J connectivity index is 2.79. The van der Waals surface area contributed by atoms with Crippen molar-refractivity contribution in [3.63, 3.8) is 0 Å². The summed E-state index contributed by atoms with van der Waals surface area (Å²) in [5, 5.41) is 3.51. The van der Waals surface area contributed by atoms with Gasteiger partial charge < -0.3 is 10.1 Å². The Labute approximate surface area is 138 Å². The fourth-order valence-electron chi connectivity index (χ4n) is 2.17. The Hall–Kier alpha value is -0.540. The SMILES string of the molecule is CC(C)CNCC(Oc1ccc(Br)cc1C(C)C)C(C)C. The normalized spacial score (nSPS) is 13.2. The van der Waals surface area contributed by atoms with E-state index in [-0.39, 0.29) is 6.10 Å². The molecule has 0 radical (unpaired) electrons. The van der Waals surface area contributed by atoms with E-state index < -0.39 is 0 Å². The molecule has 1 unspecified atom stereocenters. The van der Waals surface area contributed by atoms with Crippen molar-refractivity contribution in [3.8, 4) is 5.75 Å². The van der Waals surface area contributed by atoms with Crippen LogP contribution in [0.2, 0.25) is 0 Å². The number of hydrogen-bond acceptors (Lipinski definition) is 2. The maximum atomic E-state index is 6.32. The van der Waals surface area contributed by atoms with Gasteiger partial charge in [0, 0.05) is 11.0 Å². The molecule has 0 aliphatic carbocycles. The van der Waals surface area contributed by atoms with Crippen molar-refractivity contribution >= 4 is 15.9 Å². The second kappa shape index (κ2) is 8.79. The smallest absolute Gasteiger partial charge is 0.123 e. The van der Waals surface area contributed by atoms with Crippen LogP contribution < -0.4 is 10.1 Å². The standard InChI is InChI=1S/C18H30BrNO/c1-12(2)10-20-11-18(14(5)6)21-17-8-7-15(19)9-16(17)13(3)4/h7-9,12-14,18,20H,10-11H2,1-6H3. The molecule has 0 saturated carbocycles. The summed E-state index contributed by atoms with van der Waals surface area (Å²) in [6.45, 7) is 15.2. The van der Waals surface area contributed by atoms with E-state index in [4.69, 9.17) is 4.74 Å². The third kappa shape index (κ3) is 6.39. The van der Waals surface area contributed by atoms with Crippen LogP contribution >= 0.6 is 15.9 Å². The topological polar surface area (TPSA) is 21.3 Å². The maximum Gasteiger partial charge on any atom is 0.123 e. The van der Waals surface area contributed by atoms with Crippen LogP contribution in [0.15, 0.2) is 22.7 Å². The second-order valence-corrected chi connectivity index (χ2v) is 7.70. The molecule has 0 aliphatic heterocycles. The third-order valence-corrected chi connectivity index (χ3v) is 4.01. The monoisotopic (exact) mass is 355 g/mol. The number of ether oxygens (including phenoxy) is 1. The molecule has 3 heteroatoms. The first-order valence-electron chi connectivity index (χ1n) is 7.98. The van der Waals surface area contributed by atoms with Gasteiger partial charge in [-0.15, -0.1) is 0 Å². The van der Waals surface area contributed by atoms with Gasteiger partial charge in [-0.25, -0.2) is 0 Å². The highest BCUT2D eigenvalue weighted by Gasteiger charge is 2.18. The minimum absolute atomic E-state index is 0.197. The summed E-state index contributed by atoms with van der Waals surface area (Å²) < 4.78 is 7.43. The van der Waals surface area contributed by atoms with Crippen LogP contribution in [-0.4, -0.2) is 19.2 Å². The molecule has 0 aromatic heterocycles. The predicted octanol–water partition coefficient (Wildman–Crippen LogP) is 5.22. The first-order valence-corrected chi connectivity index (χ1v) is 8.77. The summed E-state index contributed by atoms with van der Waals surface area (Å²) >= 11 is 3.55. The summed E-state index contributed by atoms with van der Waals surface area (Å²) in [6.07, 6.45) is 0.197. The fourth-order valence-corrected chi connectivity index (χ4v) is 2.55. The zero-order valence-corrected chi connectivity index (χ0v) is 15.8. The highest BCUT2D eigenvalue weighted by molar-refractivity contribution is 9.10. The quantitative estimate of drug-likeness (QED) is 0.689. The van der Waals surface area contributed by atoms with Crippen LogP contribution in [0.4, 0.5) is 0 Å². The van der Waals surface area contributed by atoms with Crippen molar-refractivity contribution in [2.75, 3.05) is 13.1 Å². The van der Waals surface area contributed by atoms with Gasteiger partial charge >= 0.3 is 0 Å². The Morgan fingerprint density at radius 2 is 1.71 bits per heavy atom. The molecule has 0 heterocycles. The van der Waals surface area contributed by atoms with Gasteiger partial charge in [0.2, 0.25) is 0 Å². The molecule has 120 valence electrons. The van der Waals surface area contributed by atoms with Crippen molar-refractivity contribution < 1.29 is 4.74 Å². The molecule has 0 fully saturated rings. The zero-order chi connectivity index (χ0) is 16.0. The number of rotatable bonds is 8. The number of benzene rings is 1. The molecular weight excluding hydrogens is 326 g/mol. The average molecular weight is 356 g/mol. The fraction of sp³-hybridized carbons (Fsp3) is 0.667. The summed E-state index contributed by atoms with van der Waals surface area (Å²) in [5.41, 5.74) is 1.26. The molecule has 0 saturated heterocycles. The van der Waals surface area contributed by atoms with Crippen molar-refractivity contribution in [2.45, 2.75) is 53.6 Å². The van der Waals surface area contributed by atoms with E-state index in [0.717, 1.165) is 23.3 Å². The van der Waals surface area contributed by atoms with E-state index in [1.165, 1.54) is 5.56 Å². The van der Waals surface area contributed by atoms with E-state index in [1.54, 1.807) is 0 Å². The summed E-state index contributed by atoms with van der Waals surface area (Å²) in [5.74, 6) is 2.61. The molecular formula is C18H30BrNO. The number of hydrogen-bond donors (Lipinski definition) is 1. The Bertz CT molecular complexity index is 429. The first kappa shape index (κ1) is 18.5. The lowest BCUT2D eigenvalue weighted by Crippen LogP contribution is -2.37. The summed E-state index contributed by atoms with van der Waals surface area (Å²) in [4.78, 5) is 0. The summed E-state index contributed by atoms with van der Waals surface area (Å²) in [6, 6.07) is 6.30. The maximum absolute atomic E-state index is 6.32. The van der Waals surface area contributed by atoms with E-state index in [0.29, 0.717) is 17.8 Å². The van der Waals surface area contributed by atoms with Crippen molar-refractivity contribution in [1.29, 1.82) is 0 Å². The highest BCUT2D eigenvalue weighted by Crippen LogP contribution is 2.30. The largest absolute Gasteiger partial charge is 0.489 e. The van der Waals surface area contributed by atoms with Gasteiger partial charge in [-0.1, -0.05) is 57.5 Å².